The molecular weight excluding hydrogens is 211 g/mol. The molecule has 0 bridgehead atoms. The average molecular weight is 216 g/mol. The zero-order valence-corrected chi connectivity index (χ0v) is 6.52. The van der Waals surface area contributed by atoms with Crippen molar-refractivity contribution in [3.05, 3.63) is 17.5 Å². The maximum atomic E-state index is 11.9. The van der Waals surface area contributed by atoms with E-state index in [1.54, 1.807) is 5.10 Å². The Hall–Kier alpha value is -1.18. The van der Waals surface area contributed by atoms with Crippen LogP contribution < -0.4 is 0 Å². The summed E-state index contributed by atoms with van der Waals surface area (Å²) < 4.78 is 59.4. The van der Waals surface area contributed by atoms with Gasteiger partial charge in [-0.3, -0.25) is 5.10 Å². The molecule has 1 heterocycles. The summed E-state index contributed by atoms with van der Waals surface area (Å²) in [5.74, 6) is 0. The minimum atomic E-state index is -4.71. The van der Waals surface area contributed by atoms with E-state index in [-0.39, 0.29) is 0 Å². The van der Waals surface area contributed by atoms with Crippen molar-refractivity contribution in [2.75, 3.05) is 0 Å². The van der Waals surface area contributed by atoms with Crippen molar-refractivity contribution in [3.8, 4) is 0 Å². The second kappa shape index (κ2) is 3.52. The van der Waals surface area contributed by atoms with E-state index in [1.807, 2.05) is 0 Å². The Morgan fingerprint density at radius 2 is 1.93 bits per heavy atom. The zero-order chi connectivity index (χ0) is 10.9. The summed E-state index contributed by atoms with van der Waals surface area (Å²) in [6, 6.07) is 0.344. The molecule has 1 aromatic heterocycles. The summed E-state index contributed by atoms with van der Waals surface area (Å²) in [5.41, 5.74) is -2.00. The predicted octanol–water partition coefficient (Wildman–Crippen LogP) is 1.73. The molecule has 0 aliphatic carbocycles. The first-order valence-corrected chi connectivity index (χ1v) is 3.41. The van der Waals surface area contributed by atoms with Gasteiger partial charge in [0.25, 0.3) is 6.43 Å². The molecule has 0 amide bonds. The van der Waals surface area contributed by atoms with E-state index in [4.69, 9.17) is 5.11 Å². The van der Waals surface area contributed by atoms with Gasteiger partial charge >= 0.3 is 6.18 Å². The molecule has 3 nitrogen and oxygen atoms in total. The molecule has 0 aromatic carbocycles. The number of nitrogens with zero attached hydrogens (tertiary/aromatic N) is 1. The number of hydrogen-bond acceptors (Lipinski definition) is 2. The molecule has 1 rings (SSSR count). The van der Waals surface area contributed by atoms with Gasteiger partial charge in [-0.05, 0) is 6.07 Å². The summed E-state index contributed by atoms with van der Waals surface area (Å²) in [4.78, 5) is 0. The lowest BCUT2D eigenvalue weighted by molar-refractivity contribution is -0.141. The number of aromatic amines is 1. The maximum Gasteiger partial charge on any atom is 0.435 e. The van der Waals surface area contributed by atoms with E-state index in [0.717, 1.165) is 0 Å². The van der Waals surface area contributed by atoms with Gasteiger partial charge in [0.05, 0.1) is 5.69 Å². The van der Waals surface area contributed by atoms with Crippen molar-refractivity contribution in [2.24, 2.45) is 0 Å². The number of aromatic nitrogens is 2. The molecule has 0 aliphatic rings. The second-order valence-electron chi connectivity index (χ2n) is 2.49. The Morgan fingerprint density at radius 1 is 1.36 bits per heavy atom. The van der Waals surface area contributed by atoms with E-state index in [0.29, 0.717) is 6.07 Å². The first-order valence-electron chi connectivity index (χ1n) is 3.41. The summed E-state index contributed by atoms with van der Waals surface area (Å²) in [7, 11) is 0. The predicted molar refractivity (Wildman–Crippen MR) is 34.6 cm³/mol. The lowest BCUT2D eigenvalue weighted by atomic mass is 10.2. The largest absolute Gasteiger partial charge is 0.435 e. The molecule has 80 valence electrons. The number of H-pyrrole nitrogens is 1. The SMILES string of the molecule is OC(c1cc(C(F)(F)F)n[nH]1)C(F)F. The molecule has 1 aromatic rings. The number of aliphatic hydroxyl groups is 1. The van der Waals surface area contributed by atoms with Gasteiger partial charge in [0.1, 0.15) is 0 Å². The number of halogens is 5. The topological polar surface area (TPSA) is 48.9 Å². The van der Waals surface area contributed by atoms with Gasteiger partial charge < -0.3 is 5.11 Å². The zero-order valence-electron chi connectivity index (χ0n) is 6.52. The Labute approximate surface area is 74.5 Å². The molecule has 0 aliphatic heterocycles. The van der Waals surface area contributed by atoms with Crippen LogP contribution in [0, 0.1) is 0 Å². The number of hydrogen-bond donors (Lipinski definition) is 2. The van der Waals surface area contributed by atoms with Crippen LogP contribution >= 0.6 is 0 Å². The highest BCUT2D eigenvalue weighted by atomic mass is 19.4. The Kier molecular flexibility index (Phi) is 2.74. The molecule has 0 saturated heterocycles. The average Bonchev–Trinajstić information content (AvgIpc) is 2.49. The monoisotopic (exact) mass is 216 g/mol. The second-order valence-corrected chi connectivity index (χ2v) is 2.49. The van der Waals surface area contributed by atoms with Crippen LogP contribution in [0.25, 0.3) is 0 Å². The highest BCUT2D eigenvalue weighted by molar-refractivity contribution is 5.14. The summed E-state index contributed by atoms with van der Waals surface area (Å²) in [6.45, 7) is 0. The van der Waals surface area contributed by atoms with Crippen LogP contribution in [0.5, 0.6) is 0 Å². The van der Waals surface area contributed by atoms with Gasteiger partial charge in [-0.2, -0.15) is 18.3 Å². The van der Waals surface area contributed by atoms with Crippen molar-refractivity contribution in [1.82, 2.24) is 10.2 Å². The molecule has 2 N–H and O–H groups in total. The summed E-state index contributed by atoms with van der Waals surface area (Å²) >= 11 is 0. The van der Waals surface area contributed by atoms with Crippen molar-refractivity contribution in [1.29, 1.82) is 0 Å². The quantitative estimate of drug-likeness (QED) is 0.739. The van der Waals surface area contributed by atoms with Crippen LogP contribution in [0.1, 0.15) is 17.5 Å². The molecule has 0 saturated carbocycles. The molecule has 1 atom stereocenters. The number of nitrogens with one attached hydrogen (secondary N) is 1. The van der Waals surface area contributed by atoms with Gasteiger partial charge in [0.15, 0.2) is 11.8 Å². The molecule has 0 spiro atoms. The van der Waals surface area contributed by atoms with Crippen LogP contribution in [0.3, 0.4) is 0 Å². The normalized spacial score (nSPS) is 14.8. The fourth-order valence-corrected chi connectivity index (χ4v) is 0.769. The molecule has 8 heteroatoms. The smallest absolute Gasteiger partial charge is 0.381 e. The lowest BCUT2D eigenvalue weighted by Gasteiger charge is -2.05. The van der Waals surface area contributed by atoms with Crippen LogP contribution in [0.15, 0.2) is 6.07 Å². The highest BCUT2D eigenvalue weighted by Gasteiger charge is 2.35. The molecule has 14 heavy (non-hydrogen) atoms. The van der Waals surface area contributed by atoms with Crippen molar-refractivity contribution in [3.63, 3.8) is 0 Å². The van der Waals surface area contributed by atoms with E-state index in [1.165, 1.54) is 0 Å². The third-order valence-electron chi connectivity index (χ3n) is 1.45. The van der Waals surface area contributed by atoms with Crippen molar-refractivity contribution in [2.45, 2.75) is 18.7 Å². The number of aliphatic hydroxyl groups excluding tert-OH is 1. The van der Waals surface area contributed by atoms with Gasteiger partial charge in [-0.25, -0.2) is 8.78 Å². The number of alkyl halides is 5. The maximum absolute atomic E-state index is 11.9. The van der Waals surface area contributed by atoms with Crippen molar-refractivity contribution < 1.29 is 27.1 Å². The van der Waals surface area contributed by atoms with Crippen LogP contribution in [-0.2, 0) is 6.18 Å². The van der Waals surface area contributed by atoms with E-state index >= 15 is 0 Å². The molecule has 0 fully saturated rings. The van der Waals surface area contributed by atoms with E-state index in [2.05, 4.69) is 5.10 Å². The molecular formula is C6H5F5N2O. The lowest BCUT2D eigenvalue weighted by Crippen LogP contribution is -2.08. The standard InChI is InChI=1S/C6H5F5N2O/c7-5(8)4(14)2-1-3(13-12-2)6(9,10)11/h1,4-5,14H,(H,12,13). The number of rotatable bonds is 2. The first kappa shape index (κ1) is 10.9. The third kappa shape index (κ3) is 2.19. The minimum Gasteiger partial charge on any atom is -0.381 e. The summed E-state index contributed by atoms with van der Waals surface area (Å²) in [5, 5.41) is 13.1. The molecule has 0 radical (unpaired) electrons. The first-order chi connectivity index (χ1) is 6.32. The van der Waals surface area contributed by atoms with Crippen LogP contribution in [-0.4, -0.2) is 21.7 Å². The van der Waals surface area contributed by atoms with Gasteiger partial charge in [-0.1, -0.05) is 0 Å². The van der Waals surface area contributed by atoms with E-state index in [9.17, 15) is 22.0 Å². The Bertz CT molecular complexity index is 307. The third-order valence-corrected chi connectivity index (χ3v) is 1.45. The Morgan fingerprint density at radius 3 is 2.29 bits per heavy atom. The van der Waals surface area contributed by atoms with Gasteiger partial charge in [0, 0.05) is 0 Å². The van der Waals surface area contributed by atoms with Gasteiger partial charge in [0.2, 0.25) is 0 Å². The molecule has 1 unspecified atom stereocenters. The van der Waals surface area contributed by atoms with E-state index < -0.39 is 30.1 Å². The summed E-state index contributed by atoms with van der Waals surface area (Å²) in [6.07, 6.45) is -10.1. The minimum absolute atomic E-state index is 0.344. The van der Waals surface area contributed by atoms with Crippen molar-refractivity contribution >= 4 is 0 Å². The fourth-order valence-electron chi connectivity index (χ4n) is 0.769. The fraction of sp³-hybridized carbons (Fsp3) is 0.500. The Balaban J connectivity index is 2.89. The van der Waals surface area contributed by atoms with Crippen LogP contribution in [0.4, 0.5) is 22.0 Å². The highest BCUT2D eigenvalue weighted by Crippen LogP contribution is 2.29. The van der Waals surface area contributed by atoms with Crippen LogP contribution in [0.2, 0.25) is 0 Å². The van der Waals surface area contributed by atoms with Gasteiger partial charge in [-0.15, -0.1) is 0 Å².